The van der Waals surface area contributed by atoms with Crippen molar-refractivity contribution in [2.75, 3.05) is 85.1 Å². The van der Waals surface area contributed by atoms with Gasteiger partial charge in [0.15, 0.2) is 70.8 Å². The largest absolute Gasteiger partial charge is 0.370 e. The van der Waals surface area contributed by atoms with Gasteiger partial charge in [-0.15, -0.1) is 0 Å². The first-order valence-electron chi connectivity index (χ1n) is 46.5. The van der Waals surface area contributed by atoms with Crippen LogP contribution in [0.15, 0.2) is 39.9 Å². The lowest BCUT2D eigenvalue weighted by atomic mass is 9.91. The van der Waals surface area contributed by atoms with Gasteiger partial charge < -0.3 is 139 Å². The standard InChI is InChI=1S/C85H161N33O13/c1-4-56(26-17-43-106-78(86)87)73(127)102-39-13-5-9-35-68(122)114-60(30-21-47-110-82(94)95)65(119)52-57(27-18-44-107-79(88)89)74(128)103-40-14-6-10-36-69(123)115-61(31-22-48-111-83(96)97)66(120)53-58(28-19-45-108-80(90)91)75(129)104-41-15-7-11-37-70(124)116-62(32-23-49-112-84(98)99)67(121)54-59(29-20-46-109-81(92)93)76(130)105-42-16-8-12-38-71(125)117-63(33-24-50-113-85(100)101)77(131)118-51-25-34-64(118)72(126)55(2)3/h55-64H,4-54H2,1-3H3,(H,102,127)(H,103,128)(H,104,129)(H,105,130)(H,114,122)(H,115,123)(H,116,124)(H,117,125)(H4,86,87,106)(H4,88,89,107)(H4,90,91,108)(H4,92,93,109)(H4,94,95,110)(H4,96,97,111)(H4,98,99,112)(H4,100,101,113). The summed E-state index contributed by atoms with van der Waals surface area (Å²) >= 11 is 0. The molecule has 9 atom stereocenters. The second kappa shape index (κ2) is 70.9. The highest BCUT2D eigenvalue weighted by molar-refractivity contribution is 5.96. The summed E-state index contributed by atoms with van der Waals surface area (Å²) in [7, 11) is 0. The molecule has 1 aliphatic rings. The minimum absolute atomic E-state index is 0.000640. The molecule has 46 nitrogen and oxygen atoms in total. The van der Waals surface area contributed by atoms with E-state index in [1.54, 1.807) is 18.7 Å². The number of hydrogen-bond acceptors (Lipinski definition) is 21. The topological polar surface area (TPSA) is 837 Å². The van der Waals surface area contributed by atoms with Crippen molar-refractivity contribution in [2.45, 2.75) is 295 Å². The molecule has 0 aromatic carbocycles. The average molecular weight is 1850 g/mol. The number of unbranched alkanes of at least 4 members (excludes halogenated alkanes) is 8. The number of carbonyl (C=O) groups is 13. The number of nitrogens with one attached hydrogen (secondary N) is 8. The maximum atomic E-state index is 14.3. The number of hydrogen-bond donors (Lipinski definition) is 24. The lowest BCUT2D eigenvalue weighted by Gasteiger charge is -2.29. The Balaban J connectivity index is 3.11. The summed E-state index contributed by atoms with van der Waals surface area (Å²) in [6.45, 7) is 8.63. The predicted molar refractivity (Wildman–Crippen MR) is 511 cm³/mol. The number of nitrogens with two attached hydrogens (primary N) is 16. The van der Waals surface area contributed by atoms with Gasteiger partial charge in [0.1, 0.15) is 6.04 Å². The van der Waals surface area contributed by atoms with Crippen LogP contribution in [0.3, 0.4) is 0 Å². The first-order chi connectivity index (χ1) is 62.3. The molecule has 0 bridgehead atoms. The number of ketones is 4. The highest BCUT2D eigenvalue weighted by Crippen LogP contribution is 2.25. The first-order valence-corrected chi connectivity index (χ1v) is 46.5. The lowest BCUT2D eigenvalue weighted by molar-refractivity contribution is -0.141. The molecule has 0 aliphatic carbocycles. The molecular formula is C85H161N33O13. The maximum absolute atomic E-state index is 14.3. The van der Waals surface area contributed by atoms with E-state index in [-0.39, 0.29) is 250 Å². The van der Waals surface area contributed by atoms with Crippen LogP contribution in [0.2, 0.25) is 0 Å². The third kappa shape index (κ3) is 59.1. The van der Waals surface area contributed by atoms with Gasteiger partial charge in [0.05, 0.1) is 24.2 Å². The van der Waals surface area contributed by atoms with Crippen LogP contribution >= 0.6 is 0 Å². The molecule has 744 valence electrons. The van der Waals surface area contributed by atoms with Gasteiger partial charge in [-0.3, -0.25) is 102 Å². The highest BCUT2D eigenvalue weighted by Gasteiger charge is 2.39. The highest BCUT2D eigenvalue weighted by atomic mass is 16.2. The summed E-state index contributed by atoms with van der Waals surface area (Å²) in [6.07, 6.45) is 12.0. The van der Waals surface area contributed by atoms with Crippen molar-refractivity contribution in [3.8, 4) is 0 Å². The van der Waals surface area contributed by atoms with E-state index in [9.17, 15) is 62.3 Å². The number of guanidine groups is 8. The van der Waals surface area contributed by atoms with Gasteiger partial charge in [-0.05, 0) is 173 Å². The van der Waals surface area contributed by atoms with Crippen LogP contribution in [0.4, 0.5) is 0 Å². The van der Waals surface area contributed by atoms with Crippen LogP contribution < -0.4 is 134 Å². The molecule has 0 aromatic rings. The smallest absolute Gasteiger partial charge is 0.245 e. The molecule has 1 aliphatic heterocycles. The molecule has 46 heteroatoms. The Kier molecular flexibility index (Phi) is 63.4. The molecule has 40 N–H and O–H groups in total. The van der Waals surface area contributed by atoms with Crippen molar-refractivity contribution in [1.29, 1.82) is 0 Å². The molecule has 131 heavy (non-hydrogen) atoms. The fraction of sp³-hybridized carbons (Fsp3) is 0.753. The summed E-state index contributed by atoms with van der Waals surface area (Å²) in [4.78, 5) is 212. The number of Topliss-reactive ketones (excluding diaryl/α,β-unsaturated/α-hetero) is 4. The fourth-order valence-electron chi connectivity index (χ4n) is 14.8. The van der Waals surface area contributed by atoms with Gasteiger partial charge in [-0.2, -0.15) is 0 Å². The van der Waals surface area contributed by atoms with Gasteiger partial charge in [0, 0.05) is 160 Å². The number of amides is 9. The average Bonchev–Trinajstić information content (AvgIpc) is 1.70. The van der Waals surface area contributed by atoms with Crippen LogP contribution in [-0.2, 0) is 62.3 Å². The van der Waals surface area contributed by atoms with Gasteiger partial charge in [-0.1, -0.05) is 46.5 Å². The Morgan fingerprint density at radius 1 is 0.298 bits per heavy atom. The Labute approximate surface area is 771 Å². The Morgan fingerprint density at radius 2 is 0.527 bits per heavy atom. The van der Waals surface area contributed by atoms with Crippen molar-refractivity contribution < 1.29 is 62.3 Å². The summed E-state index contributed by atoms with van der Waals surface area (Å²) < 4.78 is 0. The fourth-order valence-corrected chi connectivity index (χ4v) is 14.8. The van der Waals surface area contributed by atoms with E-state index in [0.29, 0.717) is 174 Å². The van der Waals surface area contributed by atoms with Crippen LogP contribution in [-0.4, -0.2) is 244 Å². The van der Waals surface area contributed by atoms with Crippen LogP contribution in [0.25, 0.3) is 0 Å². The molecule has 0 saturated carbocycles. The minimum atomic E-state index is -1.04. The number of carbonyl (C=O) groups excluding carboxylic acids is 13. The van der Waals surface area contributed by atoms with Crippen LogP contribution in [0, 0.1) is 29.6 Å². The molecular weight excluding hydrogens is 1690 g/mol. The molecule has 1 heterocycles. The number of aliphatic imine (C=N–C) groups is 8. The van der Waals surface area contributed by atoms with E-state index in [0.717, 1.165) is 0 Å². The summed E-state index contributed by atoms with van der Waals surface area (Å²) in [6, 6.07) is -4.47. The van der Waals surface area contributed by atoms with Gasteiger partial charge in [-0.25, -0.2) is 0 Å². The Hall–Kier alpha value is -11.9. The van der Waals surface area contributed by atoms with Gasteiger partial charge >= 0.3 is 0 Å². The van der Waals surface area contributed by atoms with E-state index in [1.807, 2.05) is 6.92 Å². The van der Waals surface area contributed by atoms with Gasteiger partial charge in [0.25, 0.3) is 0 Å². The number of likely N-dealkylation sites (tertiary alicyclic amines) is 1. The zero-order valence-corrected chi connectivity index (χ0v) is 77.9. The zero-order valence-electron chi connectivity index (χ0n) is 77.9. The SMILES string of the molecule is CCC(CCCN=C(N)N)C(=O)NCCCCCC(=O)NC(CCCN=C(N)N)C(=O)CC(CCCN=C(N)N)C(=O)NCCCCCC(=O)NC(CCCN=C(N)N)C(=O)CC(CCCN=C(N)N)C(=O)NCCCCCC(=O)NC(CCCN=C(N)N)C(=O)CC(CCCN=C(N)N)C(=O)NCCCCCC(=O)NC(CCCN=C(N)N)C(=O)N1CCCC1C(=O)C(C)C. The first kappa shape index (κ1) is 117. The van der Waals surface area contributed by atoms with E-state index >= 15 is 0 Å². The molecule has 0 aromatic heterocycles. The predicted octanol–water partition coefficient (Wildman–Crippen LogP) is -2.97. The molecule has 9 unspecified atom stereocenters. The summed E-state index contributed by atoms with van der Waals surface area (Å²) in [5.74, 6) is -8.46. The van der Waals surface area contributed by atoms with Crippen molar-refractivity contribution in [3.63, 3.8) is 0 Å². The van der Waals surface area contributed by atoms with E-state index < -0.39 is 89.1 Å². The van der Waals surface area contributed by atoms with Crippen molar-refractivity contribution in [2.24, 2.45) is 161 Å². The lowest BCUT2D eigenvalue weighted by Crippen LogP contribution is -2.52. The summed E-state index contributed by atoms with van der Waals surface area (Å²) in [5, 5.41) is 23.2. The monoisotopic (exact) mass is 1850 g/mol. The number of nitrogens with zero attached hydrogens (tertiary/aromatic N) is 9. The van der Waals surface area contributed by atoms with Crippen molar-refractivity contribution >= 4 is 124 Å². The molecule has 1 fully saturated rings. The normalized spacial score (nSPS) is 13.9. The second-order valence-electron chi connectivity index (χ2n) is 33.4. The maximum Gasteiger partial charge on any atom is 0.245 e. The molecule has 0 radical (unpaired) electrons. The summed E-state index contributed by atoms with van der Waals surface area (Å²) in [5.41, 5.74) is 88.8. The van der Waals surface area contributed by atoms with Crippen molar-refractivity contribution in [1.82, 2.24) is 47.4 Å². The molecule has 1 rings (SSSR count). The third-order valence-corrected chi connectivity index (χ3v) is 21.9. The Morgan fingerprint density at radius 3 is 0.771 bits per heavy atom. The van der Waals surface area contributed by atoms with Gasteiger partial charge in [0.2, 0.25) is 53.2 Å². The Bertz CT molecular complexity index is 3710. The minimum Gasteiger partial charge on any atom is -0.370 e. The van der Waals surface area contributed by atoms with E-state index in [4.69, 9.17) is 91.7 Å². The third-order valence-electron chi connectivity index (χ3n) is 21.9. The van der Waals surface area contributed by atoms with Crippen LogP contribution in [0.5, 0.6) is 0 Å². The van der Waals surface area contributed by atoms with E-state index in [2.05, 4.69) is 82.5 Å². The quantitative estimate of drug-likeness (QED) is 0.0164. The van der Waals surface area contributed by atoms with Crippen LogP contribution in [0.1, 0.15) is 265 Å². The molecule has 0 spiro atoms. The van der Waals surface area contributed by atoms with E-state index in [1.165, 1.54) is 0 Å². The second-order valence-corrected chi connectivity index (χ2v) is 33.4. The zero-order chi connectivity index (χ0) is 97.9. The molecule has 1 saturated heterocycles. The van der Waals surface area contributed by atoms with Crippen molar-refractivity contribution in [3.05, 3.63) is 0 Å². The molecule has 9 amide bonds. The number of rotatable bonds is 77.